The van der Waals surface area contributed by atoms with Crippen molar-refractivity contribution in [2.24, 2.45) is 5.92 Å². The Bertz CT molecular complexity index is 1340. The highest BCUT2D eigenvalue weighted by molar-refractivity contribution is 5.65. The van der Waals surface area contributed by atoms with Gasteiger partial charge >= 0.3 is 0 Å². The highest BCUT2D eigenvalue weighted by atomic mass is 19.1. The Labute approximate surface area is 239 Å². The van der Waals surface area contributed by atoms with Gasteiger partial charge in [0, 0.05) is 23.9 Å². The molecule has 5 heterocycles. The first-order chi connectivity index (χ1) is 20.1. The molecular formula is C30H36FN7O3. The number of nitriles is 1. The van der Waals surface area contributed by atoms with Crippen molar-refractivity contribution in [1.29, 1.82) is 5.26 Å². The number of methoxy groups -OCH3 is 1. The minimum atomic E-state index is -1.12. The second kappa shape index (κ2) is 12.4. The predicted molar refractivity (Wildman–Crippen MR) is 152 cm³/mol. The topological polar surface area (TPSA) is 117 Å². The lowest BCUT2D eigenvalue weighted by atomic mass is 9.88. The van der Waals surface area contributed by atoms with Gasteiger partial charge in [-0.1, -0.05) is 6.08 Å². The lowest BCUT2D eigenvalue weighted by molar-refractivity contribution is -0.0776. The first kappa shape index (κ1) is 27.4. The number of ether oxygens (including phenoxy) is 3. The van der Waals surface area contributed by atoms with Crippen LogP contribution in [0, 0.1) is 17.2 Å². The largest absolute Gasteiger partial charge is 0.486 e. The van der Waals surface area contributed by atoms with Gasteiger partial charge in [0.05, 0.1) is 37.6 Å². The molecule has 3 atom stereocenters. The number of aromatic nitrogens is 2. The molecule has 0 aliphatic carbocycles. The average molecular weight is 562 g/mol. The minimum Gasteiger partial charge on any atom is -0.486 e. The van der Waals surface area contributed by atoms with Gasteiger partial charge in [0.25, 0.3) is 0 Å². The molecule has 1 unspecified atom stereocenters. The van der Waals surface area contributed by atoms with E-state index in [9.17, 15) is 9.65 Å². The second-order valence-electron chi connectivity index (χ2n) is 10.8. The lowest BCUT2D eigenvalue weighted by Gasteiger charge is -2.46. The number of hydrogen-bond donors (Lipinski definition) is 3. The van der Waals surface area contributed by atoms with Crippen molar-refractivity contribution < 1.29 is 18.6 Å². The molecule has 11 heteroatoms. The molecule has 6 rings (SSSR count). The van der Waals surface area contributed by atoms with Crippen molar-refractivity contribution in [3.05, 3.63) is 59.6 Å². The number of rotatable bonds is 8. The number of benzene rings is 1. The SMILES string of the molecule is COC1=C(C2CCNCC2)C=CC(Nc2nccc(-c3ccc(O[C@@H]4CCNC[C@H]4F)c(C#N)c3)n2)N1C1COC1. The molecule has 0 bridgehead atoms. The zero-order valence-corrected chi connectivity index (χ0v) is 23.2. The van der Waals surface area contributed by atoms with Crippen LogP contribution in [0.25, 0.3) is 11.3 Å². The number of anilines is 1. The molecule has 0 radical (unpaired) electrons. The highest BCUT2D eigenvalue weighted by Crippen LogP contribution is 2.35. The monoisotopic (exact) mass is 561 g/mol. The number of hydrogen-bond acceptors (Lipinski definition) is 10. The van der Waals surface area contributed by atoms with Crippen molar-refractivity contribution >= 4 is 5.95 Å². The van der Waals surface area contributed by atoms with Crippen molar-refractivity contribution in [1.82, 2.24) is 25.5 Å². The van der Waals surface area contributed by atoms with Crippen LogP contribution in [0.3, 0.4) is 0 Å². The van der Waals surface area contributed by atoms with Crippen molar-refractivity contribution in [2.45, 2.75) is 43.7 Å². The van der Waals surface area contributed by atoms with Gasteiger partial charge in [0.2, 0.25) is 5.95 Å². The highest BCUT2D eigenvalue weighted by Gasteiger charge is 2.38. The van der Waals surface area contributed by atoms with Gasteiger partial charge in [0.15, 0.2) is 5.88 Å². The number of piperidine rings is 2. The van der Waals surface area contributed by atoms with E-state index in [2.05, 4.69) is 44.1 Å². The molecule has 0 saturated carbocycles. The third-order valence-corrected chi connectivity index (χ3v) is 8.18. The van der Waals surface area contributed by atoms with Crippen LogP contribution in [0.5, 0.6) is 5.75 Å². The van der Waals surface area contributed by atoms with Gasteiger partial charge in [-0.25, -0.2) is 14.4 Å². The van der Waals surface area contributed by atoms with Crippen LogP contribution in [-0.2, 0) is 9.47 Å². The Morgan fingerprint density at radius 1 is 1.15 bits per heavy atom. The molecule has 4 aliphatic heterocycles. The standard InChI is InChI=1S/C30H36FN7O3/c1-39-29-23(19-6-10-33-11-7-19)3-5-28(38(29)22-17-40-18-22)37-30-35-13-8-25(36-30)20-2-4-26(21(14-20)15-32)41-27-9-12-34-16-24(27)31/h2-5,8,13-14,19,22,24,27-28,33-34H,6-7,9-12,16-18H2,1H3,(H,35,36,37)/t24-,27-,28?/m1/s1. The van der Waals surface area contributed by atoms with E-state index in [1.165, 1.54) is 5.57 Å². The maximum absolute atomic E-state index is 14.3. The summed E-state index contributed by atoms with van der Waals surface area (Å²) < 4.78 is 31.8. The van der Waals surface area contributed by atoms with E-state index >= 15 is 0 Å². The van der Waals surface area contributed by atoms with Gasteiger partial charge in [0.1, 0.15) is 30.3 Å². The predicted octanol–water partition coefficient (Wildman–Crippen LogP) is 2.96. The third-order valence-electron chi connectivity index (χ3n) is 8.18. The summed E-state index contributed by atoms with van der Waals surface area (Å²) in [7, 11) is 1.73. The summed E-state index contributed by atoms with van der Waals surface area (Å²) in [5.41, 5.74) is 2.97. The number of allylic oxidation sites excluding steroid dienone is 2. The summed E-state index contributed by atoms with van der Waals surface area (Å²) >= 11 is 0. The lowest BCUT2D eigenvalue weighted by Crippen LogP contribution is -2.56. The molecule has 216 valence electrons. The fourth-order valence-corrected chi connectivity index (χ4v) is 5.89. The Balaban J connectivity index is 1.22. The molecule has 0 spiro atoms. The molecule has 1 aromatic carbocycles. The van der Waals surface area contributed by atoms with Gasteiger partial charge < -0.3 is 35.1 Å². The van der Waals surface area contributed by atoms with Crippen LogP contribution in [-0.4, -0.2) is 85.9 Å². The molecule has 3 saturated heterocycles. The Kier molecular flexibility index (Phi) is 8.32. The van der Waals surface area contributed by atoms with E-state index in [1.54, 1.807) is 31.5 Å². The van der Waals surface area contributed by atoms with Gasteiger partial charge in [-0.3, -0.25) is 0 Å². The summed E-state index contributed by atoms with van der Waals surface area (Å²) in [4.78, 5) is 11.5. The normalized spacial score (nSPS) is 25.4. The average Bonchev–Trinajstić information content (AvgIpc) is 2.99. The summed E-state index contributed by atoms with van der Waals surface area (Å²) in [5.74, 6) is 2.16. The summed E-state index contributed by atoms with van der Waals surface area (Å²) in [6.45, 7) is 4.20. The second-order valence-corrected chi connectivity index (χ2v) is 10.8. The molecule has 3 N–H and O–H groups in total. The molecule has 1 aromatic heterocycles. The molecule has 10 nitrogen and oxygen atoms in total. The summed E-state index contributed by atoms with van der Waals surface area (Å²) in [6.07, 6.45) is 6.81. The van der Waals surface area contributed by atoms with E-state index in [4.69, 9.17) is 19.2 Å². The van der Waals surface area contributed by atoms with Gasteiger partial charge in [-0.05, 0) is 75.2 Å². The third kappa shape index (κ3) is 5.86. The van der Waals surface area contributed by atoms with Gasteiger partial charge in [-0.15, -0.1) is 0 Å². The van der Waals surface area contributed by atoms with Crippen LogP contribution in [0.1, 0.15) is 24.8 Å². The Morgan fingerprint density at radius 2 is 1.98 bits per heavy atom. The van der Waals surface area contributed by atoms with Crippen LogP contribution < -0.4 is 20.7 Å². The van der Waals surface area contributed by atoms with Crippen LogP contribution in [0.15, 0.2) is 54.1 Å². The minimum absolute atomic E-state index is 0.182. The van der Waals surface area contributed by atoms with E-state index in [1.807, 2.05) is 6.07 Å². The Hall–Kier alpha value is -3.72. The molecule has 4 aliphatic rings. The maximum Gasteiger partial charge on any atom is 0.225 e. The van der Waals surface area contributed by atoms with E-state index < -0.39 is 12.3 Å². The zero-order chi connectivity index (χ0) is 28.2. The van der Waals surface area contributed by atoms with E-state index in [-0.39, 0.29) is 18.8 Å². The smallest absolute Gasteiger partial charge is 0.225 e. The van der Waals surface area contributed by atoms with Crippen LogP contribution in [0.2, 0.25) is 0 Å². The van der Waals surface area contributed by atoms with Crippen LogP contribution >= 0.6 is 0 Å². The Morgan fingerprint density at radius 3 is 2.71 bits per heavy atom. The number of halogens is 1. The quantitative estimate of drug-likeness (QED) is 0.444. The molecule has 2 aromatic rings. The molecule has 3 fully saturated rings. The van der Waals surface area contributed by atoms with Crippen molar-refractivity contribution in [3.63, 3.8) is 0 Å². The number of nitrogens with one attached hydrogen (secondary N) is 3. The number of nitrogens with zero attached hydrogens (tertiary/aromatic N) is 4. The zero-order valence-electron chi connectivity index (χ0n) is 23.2. The van der Waals surface area contributed by atoms with Crippen LogP contribution in [0.4, 0.5) is 10.3 Å². The molecular weight excluding hydrogens is 525 g/mol. The summed E-state index contributed by atoms with van der Waals surface area (Å²) in [5, 5.41) is 19.7. The number of alkyl halides is 1. The van der Waals surface area contributed by atoms with Crippen molar-refractivity contribution in [3.8, 4) is 23.1 Å². The molecule has 41 heavy (non-hydrogen) atoms. The fourth-order valence-electron chi connectivity index (χ4n) is 5.89. The van der Waals surface area contributed by atoms with E-state index in [0.29, 0.717) is 55.1 Å². The fraction of sp³-hybridized carbons (Fsp3) is 0.500. The van der Waals surface area contributed by atoms with E-state index in [0.717, 1.165) is 37.4 Å². The first-order valence-corrected chi connectivity index (χ1v) is 14.3. The maximum atomic E-state index is 14.3. The molecule has 0 amide bonds. The summed E-state index contributed by atoms with van der Waals surface area (Å²) in [6, 6.07) is 9.46. The van der Waals surface area contributed by atoms with Gasteiger partial charge in [-0.2, -0.15) is 5.26 Å². The first-order valence-electron chi connectivity index (χ1n) is 14.3. The van der Waals surface area contributed by atoms with Crippen molar-refractivity contribution in [2.75, 3.05) is 51.8 Å².